The third kappa shape index (κ3) is 15.5. The zero-order valence-corrected chi connectivity index (χ0v) is 4.83. The second-order valence-electron chi connectivity index (χ2n) is 0.374. The molecule has 0 aliphatic carbocycles. The summed E-state index contributed by atoms with van der Waals surface area (Å²) < 4.78 is -1.08. The zero-order chi connectivity index (χ0) is 3.58. The second-order valence-corrected chi connectivity index (χ2v) is 1.85. The SMILES string of the molecule is O[CH](O)[Sn]. The van der Waals surface area contributed by atoms with Crippen molar-refractivity contribution in [1.29, 1.82) is 0 Å². The van der Waals surface area contributed by atoms with Crippen molar-refractivity contribution in [2.24, 2.45) is 0 Å². The molecule has 4 heavy (non-hydrogen) atoms. The van der Waals surface area contributed by atoms with Gasteiger partial charge in [-0.05, 0) is 0 Å². The Bertz CT molecular complexity index is 10.8. The number of hydrogen-bond acceptors (Lipinski definition) is 2. The van der Waals surface area contributed by atoms with Crippen LogP contribution < -0.4 is 0 Å². The number of hydrogen-bond donors (Lipinski definition) is 2. The molecule has 0 bridgehead atoms. The summed E-state index contributed by atoms with van der Waals surface area (Å²) in [6.45, 7) is 0. The molecule has 0 rings (SSSR count). The molecule has 0 aromatic rings. The van der Waals surface area contributed by atoms with Crippen molar-refractivity contribution in [3.05, 3.63) is 0 Å². The molecular formula is CH3O2Sn. The van der Waals surface area contributed by atoms with Crippen molar-refractivity contribution in [3.8, 4) is 0 Å². The van der Waals surface area contributed by atoms with E-state index >= 15 is 0 Å². The molecule has 0 aromatic heterocycles. The van der Waals surface area contributed by atoms with E-state index in [4.69, 9.17) is 10.2 Å². The van der Waals surface area contributed by atoms with Crippen molar-refractivity contribution < 1.29 is 10.2 Å². The molecule has 3 radical (unpaired) electrons. The van der Waals surface area contributed by atoms with E-state index in [0.717, 1.165) is 22.5 Å². The van der Waals surface area contributed by atoms with Gasteiger partial charge in [-0.25, -0.2) is 0 Å². The summed E-state index contributed by atoms with van der Waals surface area (Å²) in [7, 11) is 0. The molecule has 0 unspecified atom stereocenters. The van der Waals surface area contributed by atoms with Gasteiger partial charge < -0.3 is 0 Å². The predicted molar refractivity (Wildman–Crippen MR) is 14.0 cm³/mol. The van der Waals surface area contributed by atoms with Gasteiger partial charge >= 0.3 is 37.0 Å². The standard InChI is InChI=1S/CH3O2.Sn/c2-1-3;/h1-3H;. The molecule has 0 atom stereocenters. The summed E-state index contributed by atoms with van der Waals surface area (Å²) in [5.41, 5.74) is 0. The summed E-state index contributed by atoms with van der Waals surface area (Å²) in [5.74, 6) is 0. The minimum absolute atomic E-state index is 0.748. The fourth-order valence-electron chi connectivity index (χ4n) is 0. The van der Waals surface area contributed by atoms with Crippen molar-refractivity contribution in [1.82, 2.24) is 0 Å². The van der Waals surface area contributed by atoms with Crippen molar-refractivity contribution in [2.75, 3.05) is 0 Å². The Labute approximate surface area is 37.5 Å². The number of aliphatic hydroxyl groups excluding tert-OH is 1. The minimum atomic E-state index is -1.08. The molecule has 2 N–H and O–H groups in total. The van der Waals surface area contributed by atoms with E-state index < -0.39 is 4.31 Å². The van der Waals surface area contributed by atoms with Crippen LogP contribution in [0.3, 0.4) is 0 Å². The molecule has 0 saturated heterocycles. The molecule has 23 valence electrons. The number of aliphatic hydroxyl groups is 2. The van der Waals surface area contributed by atoms with Crippen molar-refractivity contribution in [3.63, 3.8) is 0 Å². The topological polar surface area (TPSA) is 40.5 Å². The Morgan fingerprint density at radius 1 is 1.50 bits per heavy atom. The first-order chi connectivity index (χ1) is 1.73. The Morgan fingerprint density at radius 3 is 1.50 bits per heavy atom. The molecule has 0 aromatic carbocycles. The third-order valence-corrected chi connectivity index (χ3v) is 0. The van der Waals surface area contributed by atoms with Crippen LogP contribution in [-0.2, 0) is 0 Å². The van der Waals surface area contributed by atoms with E-state index in [1.807, 2.05) is 0 Å². The van der Waals surface area contributed by atoms with E-state index in [1.165, 1.54) is 0 Å². The van der Waals surface area contributed by atoms with Gasteiger partial charge in [0.1, 0.15) is 0 Å². The van der Waals surface area contributed by atoms with Gasteiger partial charge in [0.05, 0.1) is 0 Å². The van der Waals surface area contributed by atoms with Gasteiger partial charge in [-0.2, -0.15) is 0 Å². The predicted octanol–water partition coefficient (Wildman–Crippen LogP) is -1.58. The summed E-state index contributed by atoms with van der Waals surface area (Å²) in [6.07, 6.45) is 0. The molecule has 2 nitrogen and oxygen atoms in total. The van der Waals surface area contributed by atoms with Crippen LogP contribution in [0.1, 0.15) is 0 Å². The van der Waals surface area contributed by atoms with E-state index in [2.05, 4.69) is 0 Å². The molecule has 0 aliphatic heterocycles. The number of rotatable bonds is 0. The monoisotopic (exact) mass is 167 g/mol. The summed E-state index contributed by atoms with van der Waals surface area (Å²) in [4.78, 5) is 0. The Morgan fingerprint density at radius 2 is 1.50 bits per heavy atom. The molecule has 0 spiro atoms. The Balaban J connectivity index is 2.32. The van der Waals surface area contributed by atoms with Gasteiger partial charge in [0, 0.05) is 0 Å². The van der Waals surface area contributed by atoms with Crippen LogP contribution in [0.4, 0.5) is 0 Å². The average molecular weight is 166 g/mol. The average Bonchev–Trinajstić information content (AvgIpc) is 0.811. The van der Waals surface area contributed by atoms with Gasteiger partial charge in [0.2, 0.25) is 0 Å². The second kappa shape index (κ2) is 1.99. The molecule has 0 aliphatic rings. The summed E-state index contributed by atoms with van der Waals surface area (Å²) in [5, 5.41) is 15.3. The normalized spacial score (nSPS) is 9.00. The van der Waals surface area contributed by atoms with Crippen LogP contribution >= 0.6 is 0 Å². The molecular weight excluding hydrogens is 163 g/mol. The fraction of sp³-hybridized carbons (Fsp3) is 1.00. The van der Waals surface area contributed by atoms with Crippen LogP contribution in [0.5, 0.6) is 0 Å². The van der Waals surface area contributed by atoms with Crippen molar-refractivity contribution >= 4 is 22.5 Å². The molecule has 3 heteroatoms. The van der Waals surface area contributed by atoms with Gasteiger partial charge in [0.25, 0.3) is 0 Å². The van der Waals surface area contributed by atoms with Gasteiger partial charge in [0.15, 0.2) is 0 Å². The quantitative estimate of drug-likeness (QED) is 0.336. The molecule has 0 fully saturated rings. The molecule has 0 saturated carbocycles. The molecule has 0 amide bonds. The van der Waals surface area contributed by atoms with Crippen molar-refractivity contribution in [2.45, 2.75) is 4.31 Å². The maximum absolute atomic E-state index is 7.65. The Hall–Kier alpha value is 0.719. The zero-order valence-electron chi connectivity index (χ0n) is 1.97. The van der Waals surface area contributed by atoms with E-state index in [0.29, 0.717) is 0 Å². The Kier molecular flexibility index (Phi) is 2.34. The first-order valence-electron chi connectivity index (χ1n) is 0.805. The van der Waals surface area contributed by atoms with Crippen LogP contribution in [0, 0.1) is 0 Å². The van der Waals surface area contributed by atoms with Crippen LogP contribution in [0.15, 0.2) is 0 Å². The van der Waals surface area contributed by atoms with E-state index in [9.17, 15) is 0 Å². The maximum atomic E-state index is 7.65. The fourth-order valence-corrected chi connectivity index (χ4v) is 0. The van der Waals surface area contributed by atoms with Crippen LogP contribution in [0.25, 0.3) is 0 Å². The van der Waals surface area contributed by atoms with Gasteiger partial charge in [-0.3, -0.25) is 0 Å². The van der Waals surface area contributed by atoms with Crippen LogP contribution in [-0.4, -0.2) is 37.0 Å². The first-order valence-corrected chi connectivity index (χ1v) is 2.45. The summed E-state index contributed by atoms with van der Waals surface area (Å²) >= 11 is 0.748. The van der Waals surface area contributed by atoms with Crippen LogP contribution in [0.2, 0.25) is 0 Å². The molecule has 0 heterocycles. The van der Waals surface area contributed by atoms with Gasteiger partial charge in [-0.15, -0.1) is 0 Å². The van der Waals surface area contributed by atoms with E-state index in [-0.39, 0.29) is 0 Å². The first kappa shape index (κ1) is 4.72. The third-order valence-electron chi connectivity index (χ3n) is 0. The summed E-state index contributed by atoms with van der Waals surface area (Å²) in [6, 6.07) is 0. The van der Waals surface area contributed by atoms with E-state index in [1.54, 1.807) is 0 Å². The van der Waals surface area contributed by atoms with Gasteiger partial charge in [-0.1, -0.05) is 0 Å².